The summed E-state index contributed by atoms with van der Waals surface area (Å²) < 4.78 is 16.2. The fraction of sp³-hybridized carbons (Fsp3) is 0.588. The van der Waals surface area contributed by atoms with Gasteiger partial charge in [-0.2, -0.15) is 0 Å². The Morgan fingerprint density at radius 2 is 1.82 bits per heavy atom. The maximum atomic E-state index is 11.9. The molecule has 1 aromatic carbocycles. The highest BCUT2D eigenvalue weighted by atomic mass is 16.6. The number of benzene rings is 1. The molecule has 0 saturated carbocycles. The molecule has 1 saturated heterocycles. The highest BCUT2D eigenvalue weighted by Crippen LogP contribution is 2.40. The molecule has 5 nitrogen and oxygen atoms in total. The number of ether oxygens (including phenoxy) is 3. The molecular formula is C17H25NO4. The monoisotopic (exact) mass is 307 g/mol. The third-order valence-corrected chi connectivity index (χ3v) is 3.96. The van der Waals surface area contributed by atoms with Gasteiger partial charge in [-0.05, 0) is 31.0 Å². The summed E-state index contributed by atoms with van der Waals surface area (Å²) in [4.78, 5) is 13.6. The van der Waals surface area contributed by atoms with Gasteiger partial charge in [-0.25, -0.2) is 4.79 Å². The lowest BCUT2D eigenvalue weighted by atomic mass is 9.89. The van der Waals surface area contributed by atoms with E-state index in [0.717, 1.165) is 35.5 Å². The predicted octanol–water partition coefficient (Wildman–Crippen LogP) is 3.35. The first-order chi connectivity index (χ1) is 10.6. The van der Waals surface area contributed by atoms with Crippen LogP contribution in [0, 0.1) is 6.92 Å². The highest BCUT2D eigenvalue weighted by Gasteiger charge is 2.36. The van der Waals surface area contributed by atoms with Gasteiger partial charge >= 0.3 is 6.09 Å². The predicted molar refractivity (Wildman–Crippen MR) is 84.9 cm³/mol. The van der Waals surface area contributed by atoms with E-state index in [1.165, 1.54) is 0 Å². The van der Waals surface area contributed by atoms with E-state index in [4.69, 9.17) is 14.2 Å². The topological polar surface area (TPSA) is 48.0 Å². The molecular weight excluding hydrogens is 282 g/mol. The molecule has 122 valence electrons. The number of carbonyl (C=O) groups excluding carboxylic acids is 1. The Kier molecular flexibility index (Phi) is 5.52. The Labute approximate surface area is 132 Å². The summed E-state index contributed by atoms with van der Waals surface area (Å²) >= 11 is 0. The van der Waals surface area contributed by atoms with Gasteiger partial charge < -0.3 is 19.1 Å². The number of hydrogen-bond donors (Lipinski definition) is 0. The lowest BCUT2D eigenvalue weighted by Crippen LogP contribution is -2.48. The fourth-order valence-electron chi connectivity index (χ4n) is 2.68. The zero-order chi connectivity index (χ0) is 16.1. The first-order valence-corrected chi connectivity index (χ1v) is 7.74. The van der Waals surface area contributed by atoms with Crippen molar-refractivity contribution in [3.05, 3.63) is 23.3 Å². The van der Waals surface area contributed by atoms with Crippen LogP contribution in [0.5, 0.6) is 11.5 Å². The van der Waals surface area contributed by atoms with Crippen molar-refractivity contribution < 1.29 is 19.0 Å². The van der Waals surface area contributed by atoms with Gasteiger partial charge in [0.05, 0.1) is 20.8 Å². The molecule has 1 amide bonds. The lowest BCUT2D eigenvalue weighted by Gasteiger charge is -2.39. The molecule has 1 fully saturated rings. The van der Waals surface area contributed by atoms with Crippen LogP contribution in [-0.4, -0.2) is 44.9 Å². The normalized spacial score (nSPS) is 14.5. The van der Waals surface area contributed by atoms with Crippen molar-refractivity contribution in [2.24, 2.45) is 0 Å². The number of methoxy groups -OCH3 is 2. The van der Waals surface area contributed by atoms with E-state index in [1.54, 1.807) is 19.1 Å². The van der Waals surface area contributed by atoms with Crippen molar-refractivity contribution in [2.75, 3.05) is 33.9 Å². The molecule has 0 spiro atoms. The van der Waals surface area contributed by atoms with Gasteiger partial charge in [0.1, 0.15) is 11.5 Å². The third-order valence-electron chi connectivity index (χ3n) is 3.96. The van der Waals surface area contributed by atoms with Gasteiger partial charge in [0.25, 0.3) is 0 Å². The van der Waals surface area contributed by atoms with Crippen LogP contribution in [0.2, 0.25) is 0 Å². The smallest absolute Gasteiger partial charge is 0.409 e. The molecule has 2 rings (SSSR count). The van der Waals surface area contributed by atoms with Crippen LogP contribution in [-0.2, 0) is 4.74 Å². The largest absolute Gasteiger partial charge is 0.496 e. The summed E-state index contributed by atoms with van der Waals surface area (Å²) in [7, 11) is 3.32. The van der Waals surface area contributed by atoms with Crippen molar-refractivity contribution >= 4 is 6.09 Å². The molecule has 1 aliphatic rings. The summed E-state index contributed by atoms with van der Waals surface area (Å²) in [5.74, 6) is 1.87. The van der Waals surface area contributed by atoms with Crippen LogP contribution in [0.4, 0.5) is 4.79 Å². The van der Waals surface area contributed by atoms with Gasteiger partial charge in [-0.15, -0.1) is 0 Å². The van der Waals surface area contributed by atoms with E-state index in [1.807, 2.05) is 19.1 Å². The minimum absolute atomic E-state index is 0.226. The maximum absolute atomic E-state index is 11.9. The van der Waals surface area contributed by atoms with Crippen molar-refractivity contribution in [1.82, 2.24) is 4.90 Å². The fourth-order valence-corrected chi connectivity index (χ4v) is 2.68. The first-order valence-electron chi connectivity index (χ1n) is 7.74. The van der Waals surface area contributed by atoms with E-state index in [0.29, 0.717) is 19.7 Å². The van der Waals surface area contributed by atoms with Crippen molar-refractivity contribution in [3.63, 3.8) is 0 Å². The zero-order valence-corrected chi connectivity index (χ0v) is 13.8. The molecule has 22 heavy (non-hydrogen) atoms. The van der Waals surface area contributed by atoms with Crippen molar-refractivity contribution in [2.45, 2.75) is 32.6 Å². The quantitative estimate of drug-likeness (QED) is 0.756. The molecule has 0 unspecified atom stereocenters. The maximum Gasteiger partial charge on any atom is 0.409 e. The second-order valence-electron chi connectivity index (χ2n) is 5.65. The molecule has 1 aromatic rings. The number of rotatable bonds is 6. The number of amides is 1. The lowest BCUT2D eigenvalue weighted by molar-refractivity contribution is 0.0696. The number of carbonyl (C=O) groups is 1. The Balaban J connectivity index is 2.02. The summed E-state index contributed by atoms with van der Waals surface area (Å²) in [6, 6.07) is 4.00. The molecule has 1 aliphatic heterocycles. The average Bonchev–Trinajstić information content (AvgIpc) is 2.46. The number of nitrogens with zero attached hydrogens (tertiary/aromatic N) is 1. The van der Waals surface area contributed by atoms with E-state index in [2.05, 4.69) is 6.92 Å². The van der Waals surface area contributed by atoms with Gasteiger partial charge in [0, 0.05) is 24.6 Å². The Morgan fingerprint density at radius 3 is 2.32 bits per heavy atom. The molecule has 0 bridgehead atoms. The van der Waals surface area contributed by atoms with E-state index in [-0.39, 0.29) is 12.0 Å². The average molecular weight is 307 g/mol. The Morgan fingerprint density at radius 1 is 1.23 bits per heavy atom. The number of likely N-dealkylation sites (tertiary alicyclic amines) is 1. The number of hydrogen-bond acceptors (Lipinski definition) is 4. The van der Waals surface area contributed by atoms with Crippen LogP contribution < -0.4 is 9.47 Å². The Bertz CT molecular complexity index is 498. The number of aryl methyl sites for hydroxylation is 1. The molecule has 0 radical (unpaired) electrons. The van der Waals surface area contributed by atoms with E-state index < -0.39 is 0 Å². The van der Waals surface area contributed by atoms with Crippen LogP contribution in [0.15, 0.2) is 12.1 Å². The zero-order valence-electron chi connectivity index (χ0n) is 13.8. The first kappa shape index (κ1) is 16.5. The molecule has 0 atom stereocenters. The van der Waals surface area contributed by atoms with Crippen LogP contribution in [0.3, 0.4) is 0 Å². The van der Waals surface area contributed by atoms with E-state index >= 15 is 0 Å². The number of unbranched alkanes of at least 4 members (excludes halogenated alkanes) is 1. The van der Waals surface area contributed by atoms with Crippen LogP contribution >= 0.6 is 0 Å². The van der Waals surface area contributed by atoms with Gasteiger partial charge in [-0.1, -0.05) is 13.3 Å². The summed E-state index contributed by atoms with van der Waals surface area (Å²) in [5, 5.41) is 0. The summed E-state index contributed by atoms with van der Waals surface area (Å²) in [5.41, 5.74) is 2.13. The second kappa shape index (κ2) is 7.38. The summed E-state index contributed by atoms with van der Waals surface area (Å²) in [6.45, 7) is 5.85. The van der Waals surface area contributed by atoms with Crippen molar-refractivity contribution in [3.8, 4) is 11.5 Å². The minimum atomic E-state index is -0.227. The molecule has 1 heterocycles. The molecule has 0 aromatic heterocycles. The van der Waals surface area contributed by atoms with Gasteiger partial charge in [0.2, 0.25) is 0 Å². The minimum Gasteiger partial charge on any atom is -0.496 e. The molecule has 0 aliphatic carbocycles. The molecule has 5 heteroatoms. The highest BCUT2D eigenvalue weighted by molar-refractivity contribution is 5.69. The second-order valence-corrected chi connectivity index (χ2v) is 5.65. The van der Waals surface area contributed by atoms with Crippen LogP contribution in [0.25, 0.3) is 0 Å². The van der Waals surface area contributed by atoms with Gasteiger partial charge in [-0.3, -0.25) is 0 Å². The summed E-state index contributed by atoms with van der Waals surface area (Å²) in [6.07, 6.45) is 1.70. The molecule has 0 N–H and O–H groups in total. The van der Waals surface area contributed by atoms with Gasteiger partial charge in [0.15, 0.2) is 0 Å². The van der Waals surface area contributed by atoms with Crippen LogP contribution in [0.1, 0.15) is 36.8 Å². The Hall–Kier alpha value is -1.91. The SMILES string of the molecule is CCCCOC(=O)N1CC(c2c(OC)cc(C)cc2OC)C1. The third kappa shape index (κ3) is 3.46. The standard InChI is InChI=1S/C17H25NO4/c1-5-6-7-22-17(19)18-10-13(11-18)16-14(20-3)8-12(2)9-15(16)21-4/h8-9,13H,5-7,10-11H2,1-4H3. The van der Waals surface area contributed by atoms with Crippen molar-refractivity contribution in [1.29, 1.82) is 0 Å². The van der Waals surface area contributed by atoms with E-state index in [9.17, 15) is 4.79 Å².